The van der Waals surface area contributed by atoms with Crippen LogP contribution in [-0.4, -0.2) is 17.3 Å². The van der Waals surface area contributed by atoms with Crippen LogP contribution in [0.4, 0.5) is 10.2 Å². The van der Waals surface area contributed by atoms with E-state index in [9.17, 15) is 4.39 Å². The van der Waals surface area contributed by atoms with Gasteiger partial charge in [-0.2, -0.15) is 5.10 Å². The van der Waals surface area contributed by atoms with Crippen molar-refractivity contribution in [2.24, 2.45) is 0 Å². The summed E-state index contributed by atoms with van der Waals surface area (Å²) < 4.78 is 18.2. The number of hydrogen-bond acceptors (Lipinski definition) is 3. The minimum Gasteiger partial charge on any atom is -0.496 e. The Labute approximate surface area is 92.2 Å². The molecule has 4 nitrogen and oxygen atoms in total. The number of methoxy groups -OCH3 is 1. The maximum absolute atomic E-state index is 13.1. The summed E-state index contributed by atoms with van der Waals surface area (Å²) in [5.74, 6) is 0.781. The SMILES string of the molecule is COc1ccc(F)cc1Cc1cc(N)n[nH]1. The number of nitrogens with two attached hydrogens (primary N) is 1. The van der Waals surface area contributed by atoms with Crippen molar-refractivity contribution in [1.29, 1.82) is 0 Å². The lowest BCUT2D eigenvalue weighted by Gasteiger charge is -2.06. The van der Waals surface area contributed by atoms with Crippen molar-refractivity contribution in [3.8, 4) is 5.75 Å². The Balaban J connectivity index is 2.29. The average Bonchev–Trinajstić information content (AvgIpc) is 2.64. The van der Waals surface area contributed by atoms with Crippen molar-refractivity contribution in [3.05, 3.63) is 41.3 Å². The van der Waals surface area contributed by atoms with Gasteiger partial charge in [0.2, 0.25) is 0 Å². The minimum atomic E-state index is -0.289. The number of nitrogens with one attached hydrogen (secondary N) is 1. The second-order valence-electron chi connectivity index (χ2n) is 3.45. The third-order valence-corrected chi connectivity index (χ3v) is 2.27. The fraction of sp³-hybridized carbons (Fsp3) is 0.182. The van der Waals surface area contributed by atoms with Gasteiger partial charge in [-0.25, -0.2) is 4.39 Å². The van der Waals surface area contributed by atoms with Gasteiger partial charge in [0.15, 0.2) is 0 Å². The van der Waals surface area contributed by atoms with E-state index in [0.717, 1.165) is 11.3 Å². The molecule has 0 spiro atoms. The third-order valence-electron chi connectivity index (χ3n) is 2.27. The Hall–Kier alpha value is -2.04. The van der Waals surface area contributed by atoms with E-state index >= 15 is 0 Å². The van der Waals surface area contributed by atoms with E-state index < -0.39 is 0 Å². The van der Waals surface area contributed by atoms with Gasteiger partial charge in [0.05, 0.1) is 7.11 Å². The molecule has 2 rings (SSSR count). The molecule has 1 aromatic heterocycles. The normalized spacial score (nSPS) is 10.4. The molecule has 2 aromatic rings. The van der Waals surface area contributed by atoms with E-state index in [4.69, 9.17) is 10.5 Å². The molecule has 0 atom stereocenters. The highest BCUT2D eigenvalue weighted by molar-refractivity contribution is 5.38. The third kappa shape index (κ3) is 2.13. The van der Waals surface area contributed by atoms with Crippen LogP contribution in [-0.2, 0) is 6.42 Å². The van der Waals surface area contributed by atoms with Crippen LogP contribution in [0.2, 0.25) is 0 Å². The van der Waals surface area contributed by atoms with E-state index in [1.807, 2.05) is 0 Å². The van der Waals surface area contributed by atoms with Crippen molar-refractivity contribution in [2.45, 2.75) is 6.42 Å². The summed E-state index contributed by atoms with van der Waals surface area (Å²) in [5, 5.41) is 6.58. The molecule has 0 aliphatic carbocycles. The number of rotatable bonds is 3. The van der Waals surface area contributed by atoms with Gasteiger partial charge < -0.3 is 10.5 Å². The lowest BCUT2D eigenvalue weighted by atomic mass is 10.1. The highest BCUT2D eigenvalue weighted by Gasteiger charge is 2.07. The van der Waals surface area contributed by atoms with Gasteiger partial charge >= 0.3 is 0 Å². The predicted octanol–water partition coefficient (Wildman–Crippen LogP) is 1.73. The van der Waals surface area contributed by atoms with Gasteiger partial charge in [-0.1, -0.05) is 0 Å². The molecule has 0 saturated carbocycles. The number of aromatic amines is 1. The molecule has 0 amide bonds. The molecule has 1 aromatic carbocycles. The van der Waals surface area contributed by atoms with Crippen LogP contribution in [0.25, 0.3) is 0 Å². The molecule has 16 heavy (non-hydrogen) atoms. The molecular formula is C11H12FN3O. The zero-order valence-electron chi connectivity index (χ0n) is 8.83. The van der Waals surface area contributed by atoms with Crippen LogP contribution in [0.5, 0.6) is 5.75 Å². The Kier molecular flexibility index (Phi) is 2.76. The number of ether oxygens (including phenoxy) is 1. The molecule has 0 aliphatic rings. The summed E-state index contributed by atoms with van der Waals surface area (Å²) in [5.41, 5.74) is 7.06. The predicted molar refractivity (Wildman–Crippen MR) is 58.8 cm³/mol. The summed E-state index contributed by atoms with van der Waals surface area (Å²) in [6, 6.07) is 6.12. The number of nitrogen functional groups attached to an aromatic ring is 1. The second-order valence-corrected chi connectivity index (χ2v) is 3.45. The molecule has 0 aliphatic heterocycles. The van der Waals surface area contributed by atoms with Crippen LogP contribution in [0.1, 0.15) is 11.3 Å². The smallest absolute Gasteiger partial charge is 0.145 e. The summed E-state index contributed by atoms with van der Waals surface area (Å²) in [6.45, 7) is 0. The molecule has 0 saturated heterocycles. The summed E-state index contributed by atoms with van der Waals surface area (Å²) >= 11 is 0. The Bertz CT molecular complexity index is 496. The van der Waals surface area contributed by atoms with E-state index in [2.05, 4.69) is 10.2 Å². The first-order valence-corrected chi connectivity index (χ1v) is 4.81. The number of aromatic nitrogens is 2. The lowest BCUT2D eigenvalue weighted by molar-refractivity contribution is 0.409. The largest absolute Gasteiger partial charge is 0.496 e. The minimum absolute atomic E-state index is 0.289. The Morgan fingerprint density at radius 3 is 2.88 bits per heavy atom. The van der Waals surface area contributed by atoms with Crippen molar-refractivity contribution in [1.82, 2.24) is 10.2 Å². The molecule has 84 valence electrons. The van der Waals surface area contributed by atoms with Gasteiger partial charge in [-0.3, -0.25) is 5.10 Å². The fourth-order valence-electron chi connectivity index (χ4n) is 1.56. The van der Waals surface area contributed by atoms with Gasteiger partial charge in [0.25, 0.3) is 0 Å². The maximum Gasteiger partial charge on any atom is 0.145 e. The number of halogens is 1. The van der Waals surface area contributed by atoms with E-state index in [1.165, 1.54) is 12.1 Å². The maximum atomic E-state index is 13.1. The zero-order chi connectivity index (χ0) is 11.5. The Morgan fingerprint density at radius 1 is 1.44 bits per heavy atom. The van der Waals surface area contributed by atoms with Crippen LogP contribution in [0.3, 0.4) is 0 Å². The number of H-pyrrole nitrogens is 1. The molecule has 1 heterocycles. The van der Waals surface area contributed by atoms with Crippen LogP contribution in [0, 0.1) is 5.82 Å². The number of hydrogen-bond donors (Lipinski definition) is 2. The number of anilines is 1. The monoisotopic (exact) mass is 221 g/mol. The Morgan fingerprint density at radius 2 is 2.25 bits per heavy atom. The second kappa shape index (κ2) is 4.22. The summed E-state index contributed by atoms with van der Waals surface area (Å²) in [4.78, 5) is 0. The number of nitrogens with zero attached hydrogens (tertiary/aromatic N) is 1. The first-order chi connectivity index (χ1) is 7.69. The first-order valence-electron chi connectivity index (χ1n) is 4.81. The van der Waals surface area contributed by atoms with Crippen LogP contribution < -0.4 is 10.5 Å². The van der Waals surface area contributed by atoms with Crippen molar-refractivity contribution >= 4 is 5.82 Å². The van der Waals surface area contributed by atoms with Crippen molar-refractivity contribution < 1.29 is 9.13 Å². The average molecular weight is 221 g/mol. The standard InChI is InChI=1S/C11H12FN3O/c1-16-10-3-2-8(12)4-7(10)5-9-6-11(13)15-14-9/h2-4,6H,5H2,1H3,(H3,13,14,15). The highest BCUT2D eigenvalue weighted by Crippen LogP contribution is 2.22. The topological polar surface area (TPSA) is 63.9 Å². The van der Waals surface area contributed by atoms with E-state index in [0.29, 0.717) is 18.0 Å². The summed E-state index contributed by atoms with van der Waals surface area (Å²) in [6.07, 6.45) is 0.505. The number of benzene rings is 1. The molecule has 5 heteroatoms. The van der Waals surface area contributed by atoms with Gasteiger partial charge in [-0.15, -0.1) is 0 Å². The molecular weight excluding hydrogens is 209 g/mol. The zero-order valence-corrected chi connectivity index (χ0v) is 8.83. The van der Waals surface area contributed by atoms with E-state index in [-0.39, 0.29) is 5.82 Å². The van der Waals surface area contributed by atoms with Crippen LogP contribution in [0.15, 0.2) is 24.3 Å². The molecule has 0 unspecified atom stereocenters. The van der Waals surface area contributed by atoms with E-state index in [1.54, 1.807) is 19.2 Å². The van der Waals surface area contributed by atoms with Gasteiger partial charge in [0, 0.05) is 23.7 Å². The molecule has 0 bridgehead atoms. The fourth-order valence-corrected chi connectivity index (χ4v) is 1.56. The molecule has 0 fully saturated rings. The van der Waals surface area contributed by atoms with Gasteiger partial charge in [-0.05, 0) is 18.2 Å². The lowest BCUT2D eigenvalue weighted by Crippen LogP contribution is -1.95. The molecule has 3 N–H and O–H groups in total. The van der Waals surface area contributed by atoms with Crippen molar-refractivity contribution in [2.75, 3.05) is 12.8 Å². The first kappa shape index (κ1) is 10.5. The van der Waals surface area contributed by atoms with Crippen LogP contribution >= 0.6 is 0 Å². The quantitative estimate of drug-likeness (QED) is 0.829. The highest BCUT2D eigenvalue weighted by atomic mass is 19.1. The summed E-state index contributed by atoms with van der Waals surface area (Å²) in [7, 11) is 1.55. The molecule has 0 radical (unpaired) electrons. The van der Waals surface area contributed by atoms with Crippen molar-refractivity contribution in [3.63, 3.8) is 0 Å². The van der Waals surface area contributed by atoms with Gasteiger partial charge in [0.1, 0.15) is 17.4 Å².